The summed E-state index contributed by atoms with van der Waals surface area (Å²) < 4.78 is 2.17. The molecule has 0 spiro atoms. The van der Waals surface area contributed by atoms with Crippen LogP contribution in [0.1, 0.15) is 19.8 Å². The van der Waals surface area contributed by atoms with Crippen LogP contribution in [-0.4, -0.2) is 79.7 Å². The lowest BCUT2D eigenvalue weighted by atomic mass is 10.3. The minimum atomic E-state index is 0. The van der Waals surface area contributed by atoms with Gasteiger partial charge in [-0.2, -0.15) is 0 Å². The molecule has 0 aliphatic carbocycles. The van der Waals surface area contributed by atoms with Gasteiger partial charge in [-0.25, -0.2) is 0 Å². The minimum Gasteiger partial charge on any atom is -0.357 e. The highest BCUT2D eigenvalue weighted by atomic mass is 127. The molecule has 144 valence electrons. The molecule has 0 atom stereocenters. The normalized spacial score (nSPS) is 17.0. The summed E-state index contributed by atoms with van der Waals surface area (Å²) in [5, 5.41) is 6.74. The van der Waals surface area contributed by atoms with Crippen LogP contribution < -0.4 is 10.6 Å². The number of halogens is 1. The van der Waals surface area contributed by atoms with Crippen LogP contribution in [0, 0.1) is 0 Å². The SMILES string of the molecule is CCNC(=NCCCN1CCCN(C)CC1)NCCn1cccc1.I. The van der Waals surface area contributed by atoms with Gasteiger partial charge in [0, 0.05) is 51.7 Å². The van der Waals surface area contributed by atoms with Crippen LogP contribution in [0.25, 0.3) is 0 Å². The Kier molecular flexibility index (Phi) is 11.9. The number of aromatic nitrogens is 1. The van der Waals surface area contributed by atoms with E-state index in [2.05, 4.69) is 63.5 Å². The first-order chi connectivity index (χ1) is 11.8. The van der Waals surface area contributed by atoms with E-state index in [1.165, 1.54) is 32.6 Å². The summed E-state index contributed by atoms with van der Waals surface area (Å²) in [4.78, 5) is 9.70. The molecule has 1 aromatic heterocycles. The van der Waals surface area contributed by atoms with Crippen LogP contribution in [0.3, 0.4) is 0 Å². The van der Waals surface area contributed by atoms with Crippen LogP contribution in [0.2, 0.25) is 0 Å². The Balaban J connectivity index is 0.00000312. The summed E-state index contributed by atoms with van der Waals surface area (Å²) in [6.07, 6.45) is 6.58. The summed E-state index contributed by atoms with van der Waals surface area (Å²) in [5.41, 5.74) is 0. The summed E-state index contributed by atoms with van der Waals surface area (Å²) in [5.74, 6) is 0.931. The smallest absolute Gasteiger partial charge is 0.191 e. The van der Waals surface area contributed by atoms with Crippen LogP contribution in [-0.2, 0) is 6.54 Å². The zero-order valence-electron chi connectivity index (χ0n) is 15.8. The lowest BCUT2D eigenvalue weighted by Gasteiger charge is -2.19. The Bertz CT molecular complexity index is 462. The number of hydrogen-bond donors (Lipinski definition) is 2. The van der Waals surface area contributed by atoms with E-state index in [1.807, 2.05) is 0 Å². The number of guanidine groups is 1. The van der Waals surface area contributed by atoms with E-state index in [0.717, 1.165) is 45.1 Å². The molecule has 0 bridgehead atoms. The Labute approximate surface area is 170 Å². The number of nitrogens with zero attached hydrogens (tertiary/aromatic N) is 4. The molecule has 0 aromatic carbocycles. The van der Waals surface area contributed by atoms with Crippen LogP contribution >= 0.6 is 24.0 Å². The molecule has 6 nitrogen and oxygen atoms in total. The van der Waals surface area contributed by atoms with E-state index in [0.29, 0.717) is 0 Å². The monoisotopic (exact) mass is 462 g/mol. The van der Waals surface area contributed by atoms with E-state index >= 15 is 0 Å². The Morgan fingerprint density at radius 1 is 1.04 bits per heavy atom. The number of likely N-dealkylation sites (N-methyl/N-ethyl adjacent to an activating group) is 1. The molecular formula is C18H35IN6. The third-order valence-corrected chi connectivity index (χ3v) is 4.39. The fourth-order valence-electron chi connectivity index (χ4n) is 2.97. The third-order valence-electron chi connectivity index (χ3n) is 4.39. The zero-order valence-corrected chi connectivity index (χ0v) is 18.1. The summed E-state index contributed by atoms with van der Waals surface area (Å²) >= 11 is 0. The molecule has 0 unspecified atom stereocenters. The predicted molar refractivity (Wildman–Crippen MR) is 117 cm³/mol. The first kappa shape index (κ1) is 22.2. The predicted octanol–water partition coefficient (Wildman–Crippen LogP) is 1.69. The van der Waals surface area contributed by atoms with Gasteiger partial charge < -0.3 is 25.0 Å². The Morgan fingerprint density at radius 2 is 1.84 bits per heavy atom. The van der Waals surface area contributed by atoms with E-state index in [9.17, 15) is 0 Å². The van der Waals surface area contributed by atoms with E-state index in [-0.39, 0.29) is 24.0 Å². The molecule has 25 heavy (non-hydrogen) atoms. The maximum absolute atomic E-state index is 4.70. The van der Waals surface area contributed by atoms with Crippen molar-refractivity contribution in [1.29, 1.82) is 0 Å². The van der Waals surface area contributed by atoms with E-state index < -0.39 is 0 Å². The minimum absolute atomic E-state index is 0. The highest BCUT2D eigenvalue weighted by molar-refractivity contribution is 14.0. The van der Waals surface area contributed by atoms with Gasteiger partial charge in [-0.3, -0.25) is 4.99 Å². The molecule has 0 radical (unpaired) electrons. The lowest BCUT2D eigenvalue weighted by molar-refractivity contribution is 0.275. The van der Waals surface area contributed by atoms with Crippen molar-refractivity contribution in [2.24, 2.45) is 4.99 Å². The molecule has 1 aliphatic heterocycles. The number of rotatable bonds is 8. The first-order valence-corrected chi connectivity index (χ1v) is 9.32. The van der Waals surface area contributed by atoms with Crippen molar-refractivity contribution < 1.29 is 0 Å². The Hall–Kier alpha value is -0.800. The number of nitrogens with one attached hydrogen (secondary N) is 2. The molecule has 2 N–H and O–H groups in total. The van der Waals surface area contributed by atoms with Gasteiger partial charge in [-0.15, -0.1) is 24.0 Å². The van der Waals surface area contributed by atoms with Gasteiger partial charge in [0.15, 0.2) is 5.96 Å². The molecule has 1 fully saturated rings. The molecule has 2 rings (SSSR count). The van der Waals surface area contributed by atoms with Crippen LogP contribution in [0.4, 0.5) is 0 Å². The first-order valence-electron chi connectivity index (χ1n) is 9.32. The quantitative estimate of drug-likeness (QED) is 0.267. The van der Waals surface area contributed by atoms with E-state index in [1.54, 1.807) is 0 Å². The molecule has 0 amide bonds. The molecule has 7 heteroatoms. The average molecular weight is 462 g/mol. The van der Waals surface area contributed by atoms with Gasteiger partial charge in [0.2, 0.25) is 0 Å². The largest absolute Gasteiger partial charge is 0.357 e. The second-order valence-corrected chi connectivity index (χ2v) is 6.46. The van der Waals surface area contributed by atoms with Crippen molar-refractivity contribution in [1.82, 2.24) is 25.0 Å². The van der Waals surface area contributed by atoms with Gasteiger partial charge >= 0.3 is 0 Å². The molecule has 2 heterocycles. The van der Waals surface area contributed by atoms with Crippen molar-refractivity contribution >= 4 is 29.9 Å². The average Bonchev–Trinajstić information content (AvgIpc) is 3.00. The summed E-state index contributed by atoms with van der Waals surface area (Å²) in [7, 11) is 2.22. The van der Waals surface area contributed by atoms with E-state index in [4.69, 9.17) is 4.99 Å². The van der Waals surface area contributed by atoms with Crippen molar-refractivity contribution in [3.8, 4) is 0 Å². The fourth-order valence-corrected chi connectivity index (χ4v) is 2.97. The highest BCUT2D eigenvalue weighted by Crippen LogP contribution is 2.01. The summed E-state index contributed by atoms with van der Waals surface area (Å²) in [6.45, 7) is 11.7. The van der Waals surface area contributed by atoms with Crippen molar-refractivity contribution in [3.63, 3.8) is 0 Å². The van der Waals surface area contributed by atoms with Gasteiger partial charge in [0.1, 0.15) is 0 Å². The lowest BCUT2D eigenvalue weighted by Crippen LogP contribution is -2.39. The van der Waals surface area contributed by atoms with Crippen LogP contribution in [0.15, 0.2) is 29.5 Å². The highest BCUT2D eigenvalue weighted by Gasteiger charge is 2.11. The van der Waals surface area contributed by atoms with Gasteiger partial charge in [-0.1, -0.05) is 0 Å². The second-order valence-electron chi connectivity index (χ2n) is 6.46. The Morgan fingerprint density at radius 3 is 2.60 bits per heavy atom. The van der Waals surface area contributed by atoms with Crippen molar-refractivity contribution in [2.45, 2.75) is 26.3 Å². The third kappa shape index (κ3) is 9.46. The van der Waals surface area contributed by atoms with Crippen LogP contribution in [0.5, 0.6) is 0 Å². The fraction of sp³-hybridized carbons (Fsp3) is 0.722. The number of aliphatic imine (C=N–C) groups is 1. The maximum atomic E-state index is 4.70. The van der Waals surface area contributed by atoms with Crippen molar-refractivity contribution in [2.75, 3.05) is 59.4 Å². The standard InChI is InChI=1S/C18H34N6.HI/c1-3-19-18(21-9-15-23-11-4-5-12-23)20-8-6-13-24-14-7-10-22(2)16-17-24;/h4-5,11-12H,3,6-10,13-17H2,1-2H3,(H2,19,20,21);1H. The second kappa shape index (κ2) is 13.4. The summed E-state index contributed by atoms with van der Waals surface area (Å²) in [6, 6.07) is 4.11. The van der Waals surface area contributed by atoms with Gasteiger partial charge in [-0.05, 0) is 58.6 Å². The number of hydrogen-bond acceptors (Lipinski definition) is 3. The molecule has 1 aromatic rings. The maximum Gasteiger partial charge on any atom is 0.191 e. The zero-order chi connectivity index (χ0) is 17.0. The molecule has 1 saturated heterocycles. The van der Waals surface area contributed by atoms with Gasteiger partial charge in [0.05, 0.1) is 0 Å². The molecule has 1 aliphatic rings. The molecular weight excluding hydrogens is 427 g/mol. The van der Waals surface area contributed by atoms with Gasteiger partial charge in [0.25, 0.3) is 0 Å². The van der Waals surface area contributed by atoms with Crippen molar-refractivity contribution in [3.05, 3.63) is 24.5 Å². The topological polar surface area (TPSA) is 47.8 Å². The molecule has 0 saturated carbocycles.